The first-order valence-electron chi connectivity index (χ1n) is 8.48. The smallest absolute Gasteiger partial charge is 0.231 e. The van der Waals surface area contributed by atoms with Crippen molar-refractivity contribution in [3.63, 3.8) is 0 Å². The molecule has 1 aromatic carbocycles. The molecular weight excluding hydrogens is 312 g/mol. The lowest BCUT2D eigenvalue weighted by molar-refractivity contribution is -0.131. The largest absolute Gasteiger partial charge is 0.381 e. The minimum atomic E-state index is -0.568. The highest BCUT2D eigenvalue weighted by Crippen LogP contribution is 2.39. The zero-order chi connectivity index (χ0) is 16.3. The highest BCUT2D eigenvalue weighted by atomic mass is 35.5. The summed E-state index contributed by atoms with van der Waals surface area (Å²) in [6, 6.07) is 7.95. The Hall–Kier alpha value is -1.10. The fraction of sp³-hybridized carbons (Fsp3) is 0.611. The van der Waals surface area contributed by atoms with Gasteiger partial charge < -0.3 is 15.4 Å². The van der Waals surface area contributed by atoms with Crippen LogP contribution in [-0.4, -0.2) is 38.3 Å². The summed E-state index contributed by atoms with van der Waals surface area (Å²) in [6.07, 6.45) is 2.34. The molecule has 2 aliphatic heterocycles. The third-order valence-electron chi connectivity index (χ3n) is 5.27. The number of carbonyl (C=O) groups is 1. The Bertz CT molecular complexity index is 558. The first-order chi connectivity index (χ1) is 11.1. The van der Waals surface area contributed by atoms with Gasteiger partial charge in [0.2, 0.25) is 5.91 Å². The van der Waals surface area contributed by atoms with Crippen LogP contribution in [-0.2, 0) is 14.9 Å². The molecular formula is C18H25ClN2O2. The normalized spacial score (nSPS) is 27.4. The molecule has 2 saturated heterocycles. The highest BCUT2D eigenvalue weighted by Gasteiger charge is 2.44. The second-order valence-corrected chi connectivity index (χ2v) is 7.13. The number of rotatable bonds is 3. The topological polar surface area (TPSA) is 50.4 Å². The zero-order valence-corrected chi connectivity index (χ0v) is 14.4. The fourth-order valence-corrected chi connectivity index (χ4v) is 4.04. The number of hydrogen-bond acceptors (Lipinski definition) is 3. The van der Waals surface area contributed by atoms with Gasteiger partial charge in [-0.25, -0.2) is 0 Å². The van der Waals surface area contributed by atoms with Crippen molar-refractivity contribution in [2.75, 3.05) is 26.3 Å². The zero-order valence-electron chi connectivity index (χ0n) is 13.6. The van der Waals surface area contributed by atoms with E-state index >= 15 is 0 Å². The molecule has 2 fully saturated rings. The molecule has 126 valence electrons. The Morgan fingerprint density at radius 3 is 2.78 bits per heavy atom. The summed E-state index contributed by atoms with van der Waals surface area (Å²) < 4.78 is 5.51. The van der Waals surface area contributed by atoms with Crippen LogP contribution in [0.5, 0.6) is 0 Å². The summed E-state index contributed by atoms with van der Waals surface area (Å²) in [5.74, 6) is 0.545. The first-order valence-corrected chi connectivity index (χ1v) is 8.86. The molecule has 4 nitrogen and oxygen atoms in total. The number of nitrogens with one attached hydrogen (secondary N) is 2. The number of amides is 1. The van der Waals surface area contributed by atoms with E-state index in [9.17, 15) is 4.79 Å². The number of hydrogen-bond donors (Lipinski definition) is 2. The van der Waals surface area contributed by atoms with Gasteiger partial charge in [-0.3, -0.25) is 4.79 Å². The van der Waals surface area contributed by atoms with Crippen molar-refractivity contribution in [1.82, 2.24) is 10.6 Å². The standard InChI is InChI=1S/C18H25ClN2O2/c1-13-12-20-9-6-16(13)21-17(22)18(7-10-23-11-8-18)14-4-2-3-5-15(14)19/h2-5,13,16,20H,6-12H2,1H3,(H,21,22). The highest BCUT2D eigenvalue weighted by molar-refractivity contribution is 6.31. The van der Waals surface area contributed by atoms with E-state index in [1.807, 2.05) is 24.3 Å². The molecule has 2 unspecified atom stereocenters. The van der Waals surface area contributed by atoms with Gasteiger partial charge in [-0.1, -0.05) is 36.7 Å². The van der Waals surface area contributed by atoms with E-state index in [-0.39, 0.29) is 11.9 Å². The molecule has 2 aliphatic rings. The van der Waals surface area contributed by atoms with Crippen LogP contribution in [0.15, 0.2) is 24.3 Å². The van der Waals surface area contributed by atoms with Gasteiger partial charge in [-0.15, -0.1) is 0 Å². The predicted molar refractivity (Wildman–Crippen MR) is 91.8 cm³/mol. The van der Waals surface area contributed by atoms with Crippen molar-refractivity contribution in [3.05, 3.63) is 34.9 Å². The minimum absolute atomic E-state index is 0.104. The monoisotopic (exact) mass is 336 g/mol. The summed E-state index contributed by atoms with van der Waals surface area (Å²) in [5.41, 5.74) is 0.366. The van der Waals surface area contributed by atoms with Crippen LogP contribution in [0.1, 0.15) is 31.7 Å². The Balaban J connectivity index is 1.86. The quantitative estimate of drug-likeness (QED) is 0.891. The predicted octanol–water partition coefficient (Wildman–Crippen LogP) is 2.50. The van der Waals surface area contributed by atoms with Gasteiger partial charge in [0.25, 0.3) is 0 Å². The summed E-state index contributed by atoms with van der Waals surface area (Å²) in [5, 5.41) is 7.36. The molecule has 2 N–H and O–H groups in total. The van der Waals surface area contributed by atoms with Gasteiger partial charge >= 0.3 is 0 Å². The maximum absolute atomic E-state index is 13.2. The van der Waals surface area contributed by atoms with Crippen molar-refractivity contribution >= 4 is 17.5 Å². The maximum atomic E-state index is 13.2. The lowest BCUT2D eigenvalue weighted by Gasteiger charge is -2.39. The van der Waals surface area contributed by atoms with E-state index in [0.717, 1.165) is 25.1 Å². The third kappa shape index (κ3) is 3.39. The molecule has 0 saturated carbocycles. The Morgan fingerprint density at radius 2 is 2.09 bits per heavy atom. The van der Waals surface area contributed by atoms with Crippen LogP contribution in [0.2, 0.25) is 5.02 Å². The van der Waals surface area contributed by atoms with Gasteiger partial charge in [-0.05, 0) is 49.9 Å². The van der Waals surface area contributed by atoms with E-state index in [1.165, 1.54) is 0 Å². The van der Waals surface area contributed by atoms with E-state index < -0.39 is 5.41 Å². The van der Waals surface area contributed by atoms with Crippen molar-refractivity contribution in [2.45, 2.75) is 37.6 Å². The summed E-state index contributed by atoms with van der Waals surface area (Å²) >= 11 is 6.43. The summed E-state index contributed by atoms with van der Waals surface area (Å²) in [6.45, 7) is 5.29. The molecule has 0 radical (unpaired) electrons. The Labute approximate surface area is 142 Å². The lowest BCUT2D eigenvalue weighted by Crippen LogP contribution is -2.55. The average molecular weight is 337 g/mol. The Morgan fingerprint density at radius 1 is 1.35 bits per heavy atom. The van der Waals surface area contributed by atoms with Gasteiger partial charge in [0, 0.05) is 24.3 Å². The lowest BCUT2D eigenvalue weighted by atomic mass is 9.73. The van der Waals surface area contributed by atoms with Crippen LogP contribution in [0.25, 0.3) is 0 Å². The number of ether oxygens (including phenoxy) is 1. The van der Waals surface area contributed by atoms with Crippen LogP contribution >= 0.6 is 11.6 Å². The first kappa shape index (κ1) is 16.7. The molecule has 23 heavy (non-hydrogen) atoms. The van der Waals surface area contributed by atoms with E-state index in [0.29, 0.717) is 37.0 Å². The second kappa shape index (κ2) is 7.20. The van der Waals surface area contributed by atoms with E-state index in [1.54, 1.807) is 0 Å². The third-order valence-corrected chi connectivity index (χ3v) is 5.60. The fourth-order valence-electron chi connectivity index (χ4n) is 3.72. The molecule has 2 heterocycles. The summed E-state index contributed by atoms with van der Waals surface area (Å²) in [7, 11) is 0. The van der Waals surface area contributed by atoms with Crippen molar-refractivity contribution in [3.8, 4) is 0 Å². The molecule has 5 heteroatoms. The second-order valence-electron chi connectivity index (χ2n) is 6.72. The van der Waals surface area contributed by atoms with Crippen LogP contribution < -0.4 is 10.6 Å². The molecule has 0 aromatic heterocycles. The number of halogens is 1. The van der Waals surface area contributed by atoms with Crippen LogP contribution in [0.4, 0.5) is 0 Å². The van der Waals surface area contributed by atoms with Gasteiger partial charge in [0.15, 0.2) is 0 Å². The molecule has 1 amide bonds. The Kier molecular flexibility index (Phi) is 5.24. The summed E-state index contributed by atoms with van der Waals surface area (Å²) in [4.78, 5) is 13.2. The van der Waals surface area contributed by atoms with Crippen molar-refractivity contribution in [2.24, 2.45) is 5.92 Å². The average Bonchev–Trinajstić information content (AvgIpc) is 2.58. The molecule has 0 bridgehead atoms. The van der Waals surface area contributed by atoms with Crippen molar-refractivity contribution < 1.29 is 9.53 Å². The number of carbonyl (C=O) groups excluding carboxylic acids is 1. The maximum Gasteiger partial charge on any atom is 0.231 e. The van der Waals surface area contributed by atoms with Gasteiger partial charge in [0.05, 0.1) is 5.41 Å². The van der Waals surface area contributed by atoms with E-state index in [4.69, 9.17) is 16.3 Å². The molecule has 3 rings (SSSR count). The molecule has 0 aliphatic carbocycles. The van der Waals surface area contributed by atoms with Crippen LogP contribution in [0, 0.1) is 5.92 Å². The SMILES string of the molecule is CC1CNCCC1NC(=O)C1(c2ccccc2Cl)CCOCC1. The minimum Gasteiger partial charge on any atom is -0.381 e. The van der Waals surface area contributed by atoms with Crippen molar-refractivity contribution in [1.29, 1.82) is 0 Å². The van der Waals surface area contributed by atoms with Crippen LogP contribution in [0.3, 0.4) is 0 Å². The molecule has 2 atom stereocenters. The molecule has 0 spiro atoms. The number of benzene rings is 1. The van der Waals surface area contributed by atoms with E-state index in [2.05, 4.69) is 17.6 Å². The molecule has 1 aromatic rings. The van der Waals surface area contributed by atoms with Gasteiger partial charge in [0.1, 0.15) is 0 Å². The number of piperidine rings is 1. The van der Waals surface area contributed by atoms with Gasteiger partial charge in [-0.2, -0.15) is 0 Å².